The van der Waals surface area contributed by atoms with Crippen LogP contribution in [0.2, 0.25) is 0 Å². The molecule has 1 fully saturated rings. The molecular formula is C24H24N4O3S2. The van der Waals surface area contributed by atoms with Crippen LogP contribution >= 0.6 is 22.7 Å². The molecule has 7 nitrogen and oxygen atoms in total. The predicted molar refractivity (Wildman–Crippen MR) is 134 cm³/mol. The molecule has 0 atom stereocenters. The quantitative estimate of drug-likeness (QED) is 0.418. The van der Waals surface area contributed by atoms with Crippen molar-refractivity contribution in [1.29, 1.82) is 0 Å². The Morgan fingerprint density at radius 1 is 1.09 bits per heavy atom. The Morgan fingerprint density at radius 2 is 1.91 bits per heavy atom. The number of hydrogen-bond acceptors (Lipinski definition) is 7. The van der Waals surface area contributed by atoms with Crippen LogP contribution in [-0.2, 0) is 11.3 Å². The topological polar surface area (TPSA) is 67.7 Å². The maximum Gasteiger partial charge on any atom is 0.263 e. The number of amides is 1. The highest BCUT2D eigenvalue weighted by Crippen LogP contribution is 2.33. The Kier molecular flexibility index (Phi) is 6.15. The Hall–Kier alpha value is -3.17. The van der Waals surface area contributed by atoms with Gasteiger partial charge in [0, 0.05) is 42.0 Å². The van der Waals surface area contributed by atoms with Crippen LogP contribution in [0.15, 0.2) is 58.3 Å². The standard InChI is InChI=1S/C24H24N4O3S2/c1-2-31-19-7-4-3-6-18(19)26-9-11-27(12-10-26)21(29)14-28-16-25-23-22(24(28)30)17(15-33-23)20-8-5-13-32-20/h3-8,13,15-16H,2,9-12,14H2,1H3. The van der Waals surface area contributed by atoms with Gasteiger partial charge in [0.1, 0.15) is 17.1 Å². The maximum absolute atomic E-state index is 13.2. The van der Waals surface area contributed by atoms with Crippen molar-refractivity contribution in [3.63, 3.8) is 0 Å². The fourth-order valence-electron chi connectivity index (χ4n) is 4.13. The van der Waals surface area contributed by atoms with E-state index in [2.05, 4.69) is 16.0 Å². The Morgan fingerprint density at radius 3 is 2.67 bits per heavy atom. The van der Waals surface area contributed by atoms with Gasteiger partial charge in [0.15, 0.2) is 0 Å². The number of hydrogen-bond donors (Lipinski definition) is 0. The second-order valence-electron chi connectivity index (χ2n) is 7.75. The van der Waals surface area contributed by atoms with Gasteiger partial charge in [-0.05, 0) is 30.5 Å². The first kappa shape index (κ1) is 21.7. The molecule has 0 spiro atoms. The zero-order valence-corrected chi connectivity index (χ0v) is 19.9. The minimum absolute atomic E-state index is 0.00294. The summed E-state index contributed by atoms with van der Waals surface area (Å²) in [5, 5.41) is 4.55. The number of aromatic nitrogens is 2. The minimum atomic E-state index is -0.165. The van der Waals surface area contributed by atoms with Crippen LogP contribution in [0.1, 0.15) is 6.92 Å². The van der Waals surface area contributed by atoms with Gasteiger partial charge in [-0.25, -0.2) is 4.98 Å². The van der Waals surface area contributed by atoms with E-state index in [-0.39, 0.29) is 18.0 Å². The third-order valence-corrected chi connectivity index (χ3v) is 7.58. The van der Waals surface area contributed by atoms with E-state index in [1.54, 1.807) is 11.3 Å². The largest absolute Gasteiger partial charge is 0.492 e. The molecule has 0 unspecified atom stereocenters. The van der Waals surface area contributed by atoms with E-state index in [1.807, 2.05) is 52.9 Å². The van der Waals surface area contributed by atoms with Crippen molar-refractivity contribution in [1.82, 2.24) is 14.5 Å². The SMILES string of the molecule is CCOc1ccccc1N1CCN(C(=O)Cn2cnc3scc(-c4cccs4)c3c2=O)CC1. The summed E-state index contributed by atoms with van der Waals surface area (Å²) in [6.07, 6.45) is 1.49. The molecule has 1 saturated heterocycles. The lowest BCUT2D eigenvalue weighted by Crippen LogP contribution is -2.50. The molecular weight excluding hydrogens is 456 g/mol. The summed E-state index contributed by atoms with van der Waals surface area (Å²) in [6, 6.07) is 12.0. The zero-order chi connectivity index (χ0) is 22.8. The molecule has 4 heterocycles. The summed E-state index contributed by atoms with van der Waals surface area (Å²) in [4.78, 5) is 36.5. The monoisotopic (exact) mass is 480 g/mol. The summed E-state index contributed by atoms with van der Waals surface area (Å²) in [7, 11) is 0. The lowest BCUT2D eigenvalue weighted by atomic mass is 10.2. The van der Waals surface area contributed by atoms with Crippen LogP contribution in [0.5, 0.6) is 5.75 Å². The molecule has 1 aliphatic rings. The normalized spacial score (nSPS) is 14.1. The Balaban J connectivity index is 1.30. The minimum Gasteiger partial charge on any atom is -0.492 e. The first-order valence-electron chi connectivity index (χ1n) is 10.9. The molecule has 5 rings (SSSR count). The number of thiophene rings is 2. The lowest BCUT2D eigenvalue weighted by molar-refractivity contribution is -0.132. The van der Waals surface area contributed by atoms with Crippen LogP contribution in [0.3, 0.4) is 0 Å². The second kappa shape index (κ2) is 9.36. The summed E-state index contributed by atoms with van der Waals surface area (Å²) in [6.45, 7) is 5.22. The van der Waals surface area contributed by atoms with Gasteiger partial charge in [-0.3, -0.25) is 14.2 Å². The van der Waals surface area contributed by atoms with Gasteiger partial charge < -0.3 is 14.5 Å². The van der Waals surface area contributed by atoms with Crippen molar-refractivity contribution in [2.45, 2.75) is 13.5 Å². The number of benzene rings is 1. The van der Waals surface area contributed by atoms with Crippen LogP contribution < -0.4 is 15.2 Å². The molecule has 3 aromatic heterocycles. The predicted octanol–water partition coefficient (Wildman–Crippen LogP) is 3.93. The van der Waals surface area contributed by atoms with Crippen molar-refractivity contribution < 1.29 is 9.53 Å². The van der Waals surface area contributed by atoms with Crippen molar-refractivity contribution >= 4 is 44.5 Å². The van der Waals surface area contributed by atoms with Crippen LogP contribution in [0, 0.1) is 0 Å². The number of fused-ring (bicyclic) bond motifs is 1. The molecule has 1 aliphatic heterocycles. The van der Waals surface area contributed by atoms with Gasteiger partial charge in [-0.2, -0.15) is 0 Å². The Bertz CT molecular complexity index is 1320. The van der Waals surface area contributed by atoms with Crippen molar-refractivity contribution in [3.05, 3.63) is 63.8 Å². The third-order valence-electron chi connectivity index (χ3n) is 5.79. The molecule has 1 amide bonds. The summed E-state index contributed by atoms with van der Waals surface area (Å²) in [5.74, 6) is 0.798. The van der Waals surface area contributed by atoms with E-state index in [0.29, 0.717) is 29.9 Å². The molecule has 0 N–H and O–H groups in total. The van der Waals surface area contributed by atoms with Crippen molar-refractivity contribution in [2.75, 3.05) is 37.7 Å². The Labute approximate surface area is 199 Å². The van der Waals surface area contributed by atoms with Gasteiger partial charge in [0.2, 0.25) is 5.91 Å². The molecule has 4 aromatic rings. The summed E-state index contributed by atoms with van der Waals surface area (Å²) >= 11 is 3.05. The van der Waals surface area contributed by atoms with Crippen molar-refractivity contribution in [2.24, 2.45) is 0 Å². The lowest BCUT2D eigenvalue weighted by Gasteiger charge is -2.36. The first-order chi connectivity index (χ1) is 16.2. The highest BCUT2D eigenvalue weighted by atomic mass is 32.1. The number of nitrogens with zero attached hydrogens (tertiary/aromatic N) is 4. The van der Waals surface area contributed by atoms with Crippen LogP contribution in [0.25, 0.3) is 20.7 Å². The van der Waals surface area contributed by atoms with Crippen molar-refractivity contribution in [3.8, 4) is 16.2 Å². The first-order valence-corrected chi connectivity index (χ1v) is 12.7. The van der Waals surface area contributed by atoms with E-state index in [4.69, 9.17) is 4.74 Å². The van der Waals surface area contributed by atoms with E-state index in [1.165, 1.54) is 22.2 Å². The fraction of sp³-hybridized carbons (Fsp3) is 0.292. The number of para-hydroxylation sites is 2. The molecule has 1 aromatic carbocycles. The van der Waals surface area contributed by atoms with E-state index in [9.17, 15) is 9.59 Å². The van der Waals surface area contributed by atoms with Gasteiger partial charge in [-0.1, -0.05) is 18.2 Å². The highest BCUT2D eigenvalue weighted by molar-refractivity contribution is 7.18. The maximum atomic E-state index is 13.2. The number of rotatable bonds is 6. The number of carbonyl (C=O) groups is 1. The van der Waals surface area contributed by atoms with Crippen LogP contribution in [0.4, 0.5) is 5.69 Å². The number of piperazine rings is 1. The molecule has 170 valence electrons. The zero-order valence-electron chi connectivity index (χ0n) is 18.3. The molecule has 0 saturated carbocycles. The van der Waals surface area contributed by atoms with E-state index < -0.39 is 0 Å². The average Bonchev–Trinajstić information content (AvgIpc) is 3.52. The second-order valence-corrected chi connectivity index (χ2v) is 9.56. The highest BCUT2D eigenvalue weighted by Gasteiger charge is 2.24. The molecule has 0 radical (unpaired) electrons. The van der Waals surface area contributed by atoms with Gasteiger partial charge in [-0.15, -0.1) is 22.7 Å². The molecule has 0 bridgehead atoms. The number of anilines is 1. The van der Waals surface area contributed by atoms with E-state index in [0.717, 1.165) is 35.0 Å². The third kappa shape index (κ3) is 4.26. The molecule has 9 heteroatoms. The molecule has 0 aliphatic carbocycles. The van der Waals surface area contributed by atoms with E-state index >= 15 is 0 Å². The van der Waals surface area contributed by atoms with Gasteiger partial charge in [0.25, 0.3) is 5.56 Å². The fourth-order valence-corrected chi connectivity index (χ4v) is 5.85. The average molecular weight is 481 g/mol. The summed E-state index contributed by atoms with van der Waals surface area (Å²) < 4.78 is 7.19. The van der Waals surface area contributed by atoms with Gasteiger partial charge >= 0.3 is 0 Å². The number of carbonyl (C=O) groups excluding carboxylic acids is 1. The molecule has 33 heavy (non-hydrogen) atoms. The van der Waals surface area contributed by atoms with Gasteiger partial charge in [0.05, 0.1) is 24.0 Å². The van der Waals surface area contributed by atoms with Crippen LogP contribution in [-0.4, -0.2) is 53.1 Å². The summed E-state index contributed by atoms with van der Waals surface area (Å²) in [5.41, 5.74) is 1.78. The smallest absolute Gasteiger partial charge is 0.263 e. The number of ether oxygens (including phenoxy) is 1.